The third kappa shape index (κ3) is 3.10. The van der Waals surface area contributed by atoms with Crippen LogP contribution in [0.4, 0.5) is 0 Å². The van der Waals surface area contributed by atoms with Crippen molar-refractivity contribution >= 4 is 28.5 Å². The Morgan fingerprint density at radius 2 is 2.00 bits per heavy atom. The molecule has 0 fully saturated rings. The molecule has 5 nitrogen and oxygen atoms in total. The van der Waals surface area contributed by atoms with Crippen LogP contribution in [0.3, 0.4) is 0 Å². The number of fused-ring (bicyclic) bond motifs is 2. The second-order valence-electron chi connectivity index (χ2n) is 6.43. The summed E-state index contributed by atoms with van der Waals surface area (Å²) in [7, 11) is 0. The van der Waals surface area contributed by atoms with Gasteiger partial charge in [-0.2, -0.15) is 0 Å². The minimum absolute atomic E-state index is 0.291. The second-order valence-corrected chi connectivity index (χ2v) is 7.43. The lowest BCUT2D eigenvalue weighted by atomic mass is 9.98. The molecule has 1 atom stereocenters. The fourth-order valence-corrected chi connectivity index (χ4v) is 4.84. The van der Waals surface area contributed by atoms with Crippen molar-refractivity contribution in [3.8, 4) is 5.75 Å². The Morgan fingerprint density at radius 3 is 2.78 bits per heavy atom. The van der Waals surface area contributed by atoms with Gasteiger partial charge >= 0.3 is 5.97 Å². The van der Waals surface area contributed by atoms with Gasteiger partial charge in [-0.15, -0.1) is 11.8 Å². The number of ether oxygens (including phenoxy) is 1. The molecule has 3 aromatic rings. The van der Waals surface area contributed by atoms with Crippen molar-refractivity contribution in [3.63, 3.8) is 0 Å². The number of rotatable bonds is 5. The van der Waals surface area contributed by atoms with E-state index in [1.165, 1.54) is 22.4 Å². The number of thioether (sulfide) groups is 1. The lowest BCUT2D eigenvalue weighted by Gasteiger charge is -2.17. The molecule has 0 spiro atoms. The molecule has 0 amide bonds. The van der Waals surface area contributed by atoms with Gasteiger partial charge < -0.3 is 9.84 Å². The average Bonchev–Trinajstić information content (AvgIpc) is 3.11. The van der Waals surface area contributed by atoms with Crippen LogP contribution in [0.2, 0.25) is 0 Å². The summed E-state index contributed by atoms with van der Waals surface area (Å²) in [4.78, 5) is 24.2. The van der Waals surface area contributed by atoms with Crippen LogP contribution < -0.4 is 10.3 Å². The molecular formula is C21H19NO4S. The van der Waals surface area contributed by atoms with Gasteiger partial charge in [-0.25, -0.2) is 4.79 Å². The molecule has 2 heterocycles. The van der Waals surface area contributed by atoms with E-state index >= 15 is 0 Å². The lowest BCUT2D eigenvalue weighted by Crippen LogP contribution is -2.29. The molecule has 4 rings (SSSR count). The highest BCUT2D eigenvalue weighted by Gasteiger charge is 2.33. The van der Waals surface area contributed by atoms with E-state index in [4.69, 9.17) is 4.74 Å². The van der Waals surface area contributed by atoms with Crippen molar-refractivity contribution in [3.05, 3.63) is 70.0 Å². The van der Waals surface area contributed by atoms with Gasteiger partial charge in [0.15, 0.2) is 5.75 Å². The molecule has 2 aromatic carbocycles. The van der Waals surface area contributed by atoms with E-state index in [1.54, 1.807) is 0 Å². The molecule has 1 aromatic heterocycles. The van der Waals surface area contributed by atoms with Gasteiger partial charge in [-0.1, -0.05) is 42.5 Å². The summed E-state index contributed by atoms with van der Waals surface area (Å²) in [6, 6.07) is 14.9. The van der Waals surface area contributed by atoms with Crippen LogP contribution in [0.1, 0.15) is 24.1 Å². The fraction of sp³-hybridized carbons (Fsp3) is 0.238. The summed E-state index contributed by atoms with van der Waals surface area (Å²) in [6.45, 7) is 2.34. The Labute approximate surface area is 160 Å². The van der Waals surface area contributed by atoms with E-state index in [1.807, 2.05) is 25.1 Å². The third-order valence-electron chi connectivity index (χ3n) is 4.76. The molecule has 1 aliphatic heterocycles. The molecule has 0 aliphatic carbocycles. The maximum atomic E-state index is 12.7. The molecule has 27 heavy (non-hydrogen) atoms. The first-order chi connectivity index (χ1) is 13.1. The maximum Gasteiger partial charge on any atom is 0.327 e. The highest BCUT2D eigenvalue weighted by molar-refractivity contribution is 7.99. The highest BCUT2D eigenvalue weighted by atomic mass is 32.2. The minimum atomic E-state index is -0.993. The van der Waals surface area contributed by atoms with Crippen molar-refractivity contribution in [2.45, 2.75) is 24.4 Å². The average molecular weight is 381 g/mol. The van der Waals surface area contributed by atoms with Gasteiger partial charge in [0, 0.05) is 23.8 Å². The molecule has 0 bridgehead atoms. The van der Waals surface area contributed by atoms with Crippen LogP contribution in [-0.4, -0.2) is 28.0 Å². The molecule has 0 saturated carbocycles. The quantitative estimate of drug-likeness (QED) is 0.729. The Morgan fingerprint density at radius 1 is 1.22 bits per heavy atom. The summed E-state index contributed by atoms with van der Waals surface area (Å²) in [6.07, 6.45) is 0.554. The Balaban J connectivity index is 1.85. The topological polar surface area (TPSA) is 68.5 Å². The summed E-state index contributed by atoms with van der Waals surface area (Å²) < 4.78 is 7.23. The van der Waals surface area contributed by atoms with E-state index in [2.05, 4.69) is 24.3 Å². The molecule has 1 N–H and O–H groups in total. The summed E-state index contributed by atoms with van der Waals surface area (Å²) in [5, 5.41) is 12.3. The van der Waals surface area contributed by atoms with Crippen LogP contribution in [0.15, 0.2) is 58.4 Å². The number of aromatic nitrogens is 1. The van der Waals surface area contributed by atoms with Gasteiger partial charge in [0.25, 0.3) is 5.56 Å². The van der Waals surface area contributed by atoms with Gasteiger partial charge in [0.2, 0.25) is 0 Å². The molecule has 6 heteroatoms. The zero-order chi connectivity index (χ0) is 19.0. The molecule has 138 valence electrons. The zero-order valence-electron chi connectivity index (χ0n) is 14.8. The molecule has 0 saturated heterocycles. The number of nitrogens with zero attached hydrogens (tertiary/aromatic N) is 1. The SMILES string of the molecule is CCOc1c(Cc2cccc3ccccc23)cc(=O)n2c1SC[C@H]2C(=O)O. The van der Waals surface area contributed by atoms with E-state index in [0.717, 1.165) is 21.9 Å². The lowest BCUT2D eigenvalue weighted by molar-refractivity contribution is -0.140. The Hall–Kier alpha value is -2.73. The van der Waals surface area contributed by atoms with Crippen molar-refractivity contribution in [1.29, 1.82) is 0 Å². The predicted molar refractivity (Wildman–Crippen MR) is 106 cm³/mol. The molecule has 0 radical (unpaired) electrons. The maximum absolute atomic E-state index is 12.7. The van der Waals surface area contributed by atoms with Crippen molar-refractivity contribution in [2.24, 2.45) is 0 Å². The van der Waals surface area contributed by atoms with Gasteiger partial charge in [0.05, 0.1) is 6.61 Å². The van der Waals surface area contributed by atoms with E-state index in [-0.39, 0.29) is 5.56 Å². The van der Waals surface area contributed by atoms with Crippen molar-refractivity contribution in [2.75, 3.05) is 12.4 Å². The standard InChI is InChI=1S/C21H19NO4S/c1-2-26-19-15(10-14-8-5-7-13-6-3-4-9-16(13)14)11-18(23)22-17(21(24)25)12-27-20(19)22/h3-9,11,17H,2,10,12H2,1H3,(H,24,25)/t17-/m0/s1. The molecular weight excluding hydrogens is 362 g/mol. The third-order valence-corrected chi connectivity index (χ3v) is 5.90. The Bertz CT molecular complexity index is 1080. The normalized spacial score (nSPS) is 15.7. The second kappa shape index (κ2) is 7.12. The zero-order valence-corrected chi connectivity index (χ0v) is 15.7. The summed E-state index contributed by atoms with van der Waals surface area (Å²) in [5.74, 6) is -0.0334. The fourth-order valence-electron chi connectivity index (χ4n) is 3.56. The first-order valence-electron chi connectivity index (χ1n) is 8.83. The van der Waals surface area contributed by atoms with E-state index < -0.39 is 12.0 Å². The monoisotopic (exact) mass is 381 g/mol. The molecule has 0 unspecified atom stereocenters. The van der Waals surface area contributed by atoms with Crippen LogP contribution in [0, 0.1) is 0 Å². The number of aliphatic carboxylic acids is 1. The minimum Gasteiger partial charge on any atom is -0.491 e. The summed E-state index contributed by atoms with van der Waals surface area (Å²) >= 11 is 1.37. The molecule has 1 aliphatic rings. The van der Waals surface area contributed by atoms with Crippen LogP contribution in [0.5, 0.6) is 5.75 Å². The first kappa shape index (κ1) is 17.7. The van der Waals surface area contributed by atoms with Crippen LogP contribution in [-0.2, 0) is 11.2 Å². The van der Waals surface area contributed by atoms with E-state index in [0.29, 0.717) is 29.6 Å². The number of carboxylic acids is 1. The van der Waals surface area contributed by atoms with E-state index in [9.17, 15) is 14.7 Å². The number of hydrogen-bond donors (Lipinski definition) is 1. The van der Waals surface area contributed by atoms with Gasteiger partial charge in [0.1, 0.15) is 11.1 Å². The largest absolute Gasteiger partial charge is 0.491 e. The number of hydrogen-bond acceptors (Lipinski definition) is 4. The number of benzene rings is 2. The summed E-state index contributed by atoms with van der Waals surface area (Å²) in [5.41, 5.74) is 1.61. The van der Waals surface area contributed by atoms with Crippen LogP contribution in [0.25, 0.3) is 10.8 Å². The first-order valence-corrected chi connectivity index (χ1v) is 9.82. The number of carboxylic acid groups (broad SMARTS) is 1. The number of pyridine rings is 1. The van der Waals surface area contributed by atoms with Crippen LogP contribution >= 0.6 is 11.8 Å². The van der Waals surface area contributed by atoms with Gasteiger partial charge in [-0.05, 0) is 23.3 Å². The Kier molecular flexibility index (Phi) is 4.66. The predicted octanol–water partition coefficient (Wildman–Crippen LogP) is 3.72. The smallest absolute Gasteiger partial charge is 0.327 e. The van der Waals surface area contributed by atoms with Gasteiger partial charge in [-0.3, -0.25) is 9.36 Å². The highest BCUT2D eigenvalue weighted by Crippen LogP contribution is 2.41. The number of carbonyl (C=O) groups is 1. The van der Waals surface area contributed by atoms with Crippen molar-refractivity contribution in [1.82, 2.24) is 4.57 Å². The van der Waals surface area contributed by atoms with Crippen molar-refractivity contribution < 1.29 is 14.6 Å².